The number of hydrogen-bond acceptors (Lipinski definition) is 1. The molecule has 3 heteroatoms. The van der Waals surface area contributed by atoms with Crippen LogP contribution in [0.1, 0.15) is 46.6 Å². The zero-order chi connectivity index (χ0) is 14.7. The second kappa shape index (κ2) is 6.60. The molecule has 0 aromatic heterocycles. The zero-order valence-corrected chi connectivity index (χ0v) is 15.0. The maximum absolute atomic E-state index is 6.33. The van der Waals surface area contributed by atoms with E-state index in [-0.39, 0.29) is 11.0 Å². The highest BCUT2D eigenvalue weighted by Gasteiger charge is 2.25. The quantitative estimate of drug-likeness (QED) is 0.747. The van der Waals surface area contributed by atoms with Crippen LogP contribution in [0.5, 0.6) is 0 Å². The first kappa shape index (κ1) is 17.0. The molecule has 1 unspecified atom stereocenters. The van der Waals surface area contributed by atoms with Gasteiger partial charge in [-0.3, -0.25) is 0 Å². The maximum Gasteiger partial charge on any atom is 0.0449 e. The Hall–Kier alpha value is -0.0500. The predicted molar refractivity (Wildman–Crippen MR) is 89.0 cm³/mol. The average Bonchev–Trinajstić information content (AvgIpc) is 2.30. The molecule has 0 saturated carbocycles. The third-order valence-electron chi connectivity index (χ3n) is 3.53. The van der Waals surface area contributed by atoms with Gasteiger partial charge in [0, 0.05) is 21.6 Å². The van der Waals surface area contributed by atoms with Crippen molar-refractivity contribution in [3.8, 4) is 0 Å². The number of hydrogen-bond donors (Lipinski definition) is 1. The van der Waals surface area contributed by atoms with E-state index in [1.165, 1.54) is 5.56 Å². The fraction of sp³-hybridized carbons (Fsp3) is 0.625. The van der Waals surface area contributed by atoms with Gasteiger partial charge in [0.25, 0.3) is 0 Å². The molecule has 0 amide bonds. The summed E-state index contributed by atoms with van der Waals surface area (Å²) < 4.78 is 1.03. The van der Waals surface area contributed by atoms with Gasteiger partial charge >= 0.3 is 0 Å². The van der Waals surface area contributed by atoms with Crippen LogP contribution < -0.4 is 5.32 Å². The van der Waals surface area contributed by atoms with Crippen molar-refractivity contribution in [2.45, 2.75) is 53.0 Å². The lowest BCUT2D eigenvalue weighted by atomic mass is 9.80. The highest BCUT2D eigenvalue weighted by molar-refractivity contribution is 9.10. The summed E-state index contributed by atoms with van der Waals surface area (Å²) in [5, 5.41) is 4.46. The Bertz CT molecular complexity index is 425. The standard InChI is InChI=1S/C16H25BrClN/c1-6-16(5,11-19-15(2,3)4)10-12-7-8-13(17)9-14(12)18/h7-9,19H,6,10-11H2,1-5H3. The van der Waals surface area contributed by atoms with Crippen LogP contribution in [0.4, 0.5) is 0 Å². The van der Waals surface area contributed by atoms with Gasteiger partial charge in [0.2, 0.25) is 0 Å². The van der Waals surface area contributed by atoms with E-state index in [1.54, 1.807) is 0 Å². The van der Waals surface area contributed by atoms with E-state index >= 15 is 0 Å². The molecule has 0 bridgehead atoms. The van der Waals surface area contributed by atoms with Crippen LogP contribution in [-0.2, 0) is 6.42 Å². The Morgan fingerprint density at radius 1 is 1.21 bits per heavy atom. The number of halogens is 2. The van der Waals surface area contributed by atoms with Crippen LogP contribution >= 0.6 is 27.5 Å². The van der Waals surface area contributed by atoms with Crippen molar-refractivity contribution in [3.63, 3.8) is 0 Å². The first-order chi connectivity index (χ1) is 8.65. The molecule has 0 aliphatic carbocycles. The number of benzene rings is 1. The molecular formula is C16H25BrClN. The fourth-order valence-electron chi connectivity index (χ4n) is 1.92. The number of rotatable bonds is 5. The summed E-state index contributed by atoms with van der Waals surface area (Å²) in [7, 11) is 0. The van der Waals surface area contributed by atoms with Crippen molar-refractivity contribution in [2.24, 2.45) is 5.41 Å². The minimum atomic E-state index is 0.153. The third-order valence-corrected chi connectivity index (χ3v) is 4.38. The van der Waals surface area contributed by atoms with Gasteiger partial charge in [-0.05, 0) is 56.7 Å². The molecular weight excluding hydrogens is 322 g/mol. The minimum absolute atomic E-state index is 0.153. The van der Waals surface area contributed by atoms with E-state index in [1.807, 2.05) is 6.07 Å². The van der Waals surface area contributed by atoms with Crippen molar-refractivity contribution in [2.75, 3.05) is 6.54 Å². The molecule has 0 saturated heterocycles. The lowest BCUT2D eigenvalue weighted by Crippen LogP contribution is -2.43. The van der Waals surface area contributed by atoms with Crippen LogP contribution in [0, 0.1) is 5.41 Å². The normalized spacial score (nSPS) is 15.3. The zero-order valence-electron chi connectivity index (χ0n) is 12.6. The van der Waals surface area contributed by atoms with Crippen LogP contribution in [-0.4, -0.2) is 12.1 Å². The highest BCUT2D eigenvalue weighted by atomic mass is 79.9. The molecule has 0 spiro atoms. The fourth-order valence-corrected chi connectivity index (χ4v) is 2.66. The second-order valence-electron chi connectivity index (χ2n) is 6.68. The van der Waals surface area contributed by atoms with Gasteiger partial charge in [0.1, 0.15) is 0 Å². The molecule has 0 radical (unpaired) electrons. The number of nitrogens with one attached hydrogen (secondary N) is 1. The molecule has 1 N–H and O–H groups in total. The summed E-state index contributed by atoms with van der Waals surface area (Å²) in [6.45, 7) is 12.2. The summed E-state index contributed by atoms with van der Waals surface area (Å²) in [5.41, 5.74) is 1.61. The molecule has 1 aromatic carbocycles. The van der Waals surface area contributed by atoms with Crippen molar-refractivity contribution < 1.29 is 0 Å². The van der Waals surface area contributed by atoms with Crippen molar-refractivity contribution in [1.82, 2.24) is 5.32 Å². The van der Waals surface area contributed by atoms with E-state index in [2.05, 4.69) is 68.0 Å². The summed E-state index contributed by atoms with van der Waals surface area (Å²) in [6.07, 6.45) is 2.13. The molecule has 1 aromatic rings. The summed E-state index contributed by atoms with van der Waals surface area (Å²) >= 11 is 9.79. The van der Waals surface area contributed by atoms with Gasteiger partial charge in [0.05, 0.1) is 0 Å². The van der Waals surface area contributed by atoms with E-state index in [4.69, 9.17) is 11.6 Å². The Balaban J connectivity index is 2.80. The monoisotopic (exact) mass is 345 g/mol. The molecule has 1 rings (SSSR count). The average molecular weight is 347 g/mol. The summed E-state index contributed by atoms with van der Waals surface area (Å²) in [4.78, 5) is 0. The molecule has 0 aliphatic heterocycles. The van der Waals surface area contributed by atoms with Gasteiger partial charge in [-0.2, -0.15) is 0 Å². The Morgan fingerprint density at radius 2 is 1.84 bits per heavy atom. The van der Waals surface area contributed by atoms with Gasteiger partial charge in [-0.25, -0.2) is 0 Å². The van der Waals surface area contributed by atoms with Crippen molar-refractivity contribution >= 4 is 27.5 Å². The van der Waals surface area contributed by atoms with Gasteiger partial charge < -0.3 is 5.32 Å². The van der Waals surface area contributed by atoms with Crippen molar-refractivity contribution in [3.05, 3.63) is 33.3 Å². The SMILES string of the molecule is CCC(C)(CNC(C)(C)C)Cc1ccc(Br)cc1Cl. The smallest absolute Gasteiger partial charge is 0.0449 e. The summed E-state index contributed by atoms with van der Waals surface area (Å²) in [5.74, 6) is 0. The molecule has 19 heavy (non-hydrogen) atoms. The van der Waals surface area contributed by atoms with E-state index < -0.39 is 0 Å². The molecule has 0 aliphatic rings. The van der Waals surface area contributed by atoms with E-state index in [0.29, 0.717) is 0 Å². The van der Waals surface area contributed by atoms with E-state index in [0.717, 1.165) is 28.9 Å². The molecule has 0 fully saturated rings. The molecule has 108 valence electrons. The van der Waals surface area contributed by atoms with Gasteiger partial charge in [0.15, 0.2) is 0 Å². The summed E-state index contributed by atoms with van der Waals surface area (Å²) in [6, 6.07) is 6.16. The van der Waals surface area contributed by atoms with Gasteiger partial charge in [-0.1, -0.05) is 47.4 Å². The Kier molecular flexibility index (Phi) is 5.91. The topological polar surface area (TPSA) is 12.0 Å². The van der Waals surface area contributed by atoms with Crippen LogP contribution in [0.15, 0.2) is 22.7 Å². The van der Waals surface area contributed by atoms with Crippen LogP contribution in [0.25, 0.3) is 0 Å². The predicted octanol–water partition coefficient (Wildman–Crippen LogP) is 5.45. The first-order valence-electron chi connectivity index (χ1n) is 6.84. The van der Waals surface area contributed by atoms with Crippen LogP contribution in [0.3, 0.4) is 0 Å². The minimum Gasteiger partial charge on any atom is -0.312 e. The Labute approximate surface area is 131 Å². The van der Waals surface area contributed by atoms with Gasteiger partial charge in [-0.15, -0.1) is 0 Å². The maximum atomic E-state index is 6.33. The highest BCUT2D eigenvalue weighted by Crippen LogP contribution is 2.31. The molecule has 0 heterocycles. The first-order valence-corrected chi connectivity index (χ1v) is 8.01. The van der Waals surface area contributed by atoms with Crippen molar-refractivity contribution in [1.29, 1.82) is 0 Å². The Morgan fingerprint density at radius 3 is 2.32 bits per heavy atom. The molecule has 1 atom stereocenters. The second-order valence-corrected chi connectivity index (χ2v) is 8.00. The van der Waals surface area contributed by atoms with Crippen LogP contribution in [0.2, 0.25) is 5.02 Å². The lowest BCUT2D eigenvalue weighted by Gasteiger charge is -2.33. The largest absolute Gasteiger partial charge is 0.312 e. The molecule has 1 nitrogen and oxygen atoms in total. The van der Waals surface area contributed by atoms with E-state index in [9.17, 15) is 0 Å². The third kappa shape index (κ3) is 5.85. The lowest BCUT2D eigenvalue weighted by molar-refractivity contribution is 0.255.